The molecule has 1 amide bonds. The minimum absolute atomic E-state index is 0.0614. The molecule has 58 valence electrons. The molecule has 4 heteroatoms. The summed E-state index contributed by atoms with van der Waals surface area (Å²) in [5.74, 6) is -0.0614. The van der Waals surface area contributed by atoms with Crippen LogP contribution in [-0.4, -0.2) is 31.6 Å². The third-order valence-corrected chi connectivity index (χ3v) is 1.61. The van der Waals surface area contributed by atoms with Gasteiger partial charge in [-0.25, -0.2) is 0 Å². The molecule has 0 radical (unpaired) electrons. The molecule has 0 aromatic heterocycles. The van der Waals surface area contributed by atoms with Crippen LogP contribution in [0.4, 0.5) is 0 Å². The molecule has 0 aromatic carbocycles. The van der Waals surface area contributed by atoms with Crippen LogP contribution in [0.1, 0.15) is 6.42 Å². The van der Waals surface area contributed by atoms with E-state index in [1.54, 1.807) is 0 Å². The van der Waals surface area contributed by atoms with Gasteiger partial charge in [-0.3, -0.25) is 4.79 Å². The third-order valence-electron chi connectivity index (χ3n) is 1.61. The van der Waals surface area contributed by atoms with Gasteiger partial charge in [0.1, 0.15) is 0 Å². The first-order valence-corrected chi connectivity index (χ1v) is 3.53. The molecule has 10 heavy (non-hydrogen) atoms. The highest BCUT2D eigenvalue weighted by molar-refractivity contribution is 5.78. The molecule has 1 heterocycles. The van der Waals surface area contributed by atoms with E-state index in [0.717, 1.165) is 19.5 Å². The highest BCUT2D eigenvalue weighted by Gasteiger charge is 2.14. The molecular formula is C6H13N3O. The maximum Gasteiger partial charge on any atom is 0.233 e. The lowest BCUT2D eigenvalue weighted by Gasteiger charge is -2.08. The molecule has 1 unspecified atom stereocenters. The van der Waals surface area contributed by atoms with Crippen molar-refractivity contribution in [2.75, 3.05) is 19.6 Å². The number of amides is 1. The molecule has 0 spiro atoms. The largest absolute Gasteiger partial charge is 0.351 e. The van der Waals surface area contributed by atoms with Gasteiger partial charge < -0.3 is 16.4 Å². The summed E-state index contributed by atoms with van der Waals surface area (Å²) >= 11 is 0. The van der Waals surface area contributed by atoms with Gasteiger partial charge in [0.05, 0.1) is 6.54 Å². The number of nitrogens with two attached hydrogens (primary N) is 1. The average Bonchev–Trinajstić information content (AvgIpc) is 2.40. The van der Waals surface area contributed by atoms with E-state index in [2.05, 4.69) is 10.6 Å². The molecule has 1 saturated heterocycles. The molecule has 0 aliphatic carbocycles. The molecular weight excluding hydrogens is 130 g/mol. The highest BCUT2D eigenvalue weighted by Crippen LogP contribution is 1.95. The molecule has 1 atom stereocenters. The summed E-state index contributed by atoms with van der Waals surface area (Å²) in [7, 11) is 0. The predicted molar refractivity (Wildman–Crippen MR) is 38.5 cm³/mol. The summed E-state index contributed by atoms with van der Waals surface area (Å²) in [4.78, 5) is 10.7. The van der Waals surface area contributed by atoms with Crippen LogP contribution in [0.3, 0.4) is 0 Å². The first-order valence-electron chi connectivity index (χ1n) is 3.53. The number of carbonyl (C=O) groups is 1. The van der Waals surface area contributed by atoms with Crippen molar-refractivity contribution in [2.24, 2.45) is 5.73 Å². The van der Waals surface area contributed by atoms with E-state index in [1.807, 2.05) is 0 Å². The molecule has 0 bridgehead atoms. The maximum atomic E-state index is 10.7. The Labute approximate surface area is 60.2 Å². The molecule has 4 nitrogen and oxygen atoms in total. The van der Waals surface area contributed by atoms with Crippen molar-refractivity contribution in [3.63, 3.8) is 0 Å². The van der Waals surface area contributed by atoms with Crippen LogP contribution in [-0.2, 0) is 4.79 Å². The van der Waals surface area contributed by atoms with Gasteiger partial charge in [0.25, 0.3) is 0 Å². The van der Waals surface area contributed by atoms with E-state index in [4.69, 9.17) is 5.73 Å². The Morgan fingerprint density at radius 3 is 3.10 bits per heavy atom. The summed E-state index contributed by atoms with van der Waals surface area (Å²) in [6.45, 7) is 1.97. The van der Waals surface area contributed by atoms with Crippen molar-refractivity contribution in [1.82, 2.24) is 10.6 Å². The lowest BCUT2D eigenvalue weighted by molar-refractivity contribution is -0.120. The van der Waals surface area contributed by atoms with Crippen molar-refractivity contribution in [3.05, 3.63) is 0 Å². The van der Waals surface area contributed by atoms with E-state index in [9.17, 15) is 4.79 Å². The van der Waals surface area contributed by atoms with Gasteiger partial charge >= 0.3 is 0 Å². The van der Waals surface area contributed by atoms with Gasteiger partial charge in [-0.15, -0.1) is 0 Å². The zero-order valence-corrected chi connectivity index (χ0v) is 5.89. The van der Waals surface area contributed by atoms with E-state index in [-0.39, 0.29) is 12.5 Å². The first kappa shape index (κ1) is 7.50. The standard InChI is InChI=1S/C6H13N3O/c7-3-6(10)9-5-1-2-8-4-5/h5,8H,1-4,7H2,(H,9,10). The van der Waals surface area contributed by atoms with E-state index < -0.39 is 0 Å². The fourth-order valence-corrected chi connectivity index (χ4v) is 1.06. The van der Waals surface area contributed by atoms with Gasteiger partial charge in [0.2, 0.25) is 5.91 Å². The quantitative estimate of drug-likeness (QED) is 0.437. The molecule has 0 saturated carbocycles. The van der Waals surface area contributed by atoms with Crippen LogP contribution in [0, 0.1) is 0 Å². The Morgan fingerprint density at radius 1 is 1.80 bits per heavy atom. The molecule has 0 aromatic rings. The van der Waals surface area contributed by atoms with Crippen LogP contribution in [0.25, 0.3) is 0 Å². The zero-order chi connectivity index (χ0) is 7.40. The summed E-state index contributed by atoms with van der Waals surface area (Å²) < 4.78 is 0. The maximum absolute atomic E-state index is 10.7. The Morgan fingerprint density at radius 2 is 2.60 bits per heavy atom. The lowest BCUT2D eigenvalue weighted by atomic mass is 10.2. The molecule has 1 rings (SSSR count). The second-order valence-corrected chi connectivity index (χ2v) is 2.46. The monoisotopic (exact) mass is 143 g/mol. The van der Waals surface area contributed by atoms with Crippen molar-refractivity contribution in [1.29, 1.82) is 0 Å². The van der Waals surface area contributed by atoms with Gasteiger partial charge in [-0.2, -0.15) is 0 Å². The van der Waals surface area contributed by atoms with Crippen molar-refractivity contribution < 1.29 is 4.79 Å². The average molecular weight is 143 g/mol. The second kappa shape index (κ2) is 3.53. The summed E-state index contributed by atoms with van der Waals surface area (Å²) in [6.07, 6.45) is 1.02. The predicted octanol–water partition coefficient (Wildman–Crippen LogP) is -1.58. The molecule has 1 aliphatic heterocycles. The fourth-order valence-electron chi connectivity index (χ4n) is 1.06. The lowest BCUT2D eigenvalue weighted by Crippen LogP contribution is -2.39. The SMILES string of the molecule is NCC(=O)NC1CCNC1. The second-order valence-electron chi connectivity index (χ2n) is 2.46. The fraction of sp³-hybridized carbons (Fsp3) is 0.833. The zero-order valence-electron chi connectivity index (χ0n) is 5.89. The van der Waals surface area contributed by atoms with Gasteiger partial charge in [0.15, 0.2) is 0 Å². The Kier molecular flexibility index (Phi) is 2.65. The molecule has 4 N–H and O–H groups in total. The number of hydrogen-bond donors (Lipinski definition) is 3. The van der Waals surface area contributed by atoms with E-state index >= 15 is 0 Å². The van der Waals surface area contributed by atoms with Gasteiger partial charge in [-0.05, 0) is 13.0 Å². The number of nitrogens with one attached hydrogen (secondary N) is 2. The van der Waals surface area contributed by atoms with Gasteiger partial charge in [-0.1, -0.05) is 0 Å². The minimum atomic E-state index is -0.0614. The Balaban J connectivity index is 2.17. The van der Waals surface area contributed by atoms with Crippen LogP contribution in [0.5, 0.6) is 0 Å². The van der Waals surface area contributed by atoms with Crippen molar-refractivity contribution in [3.8, 4) is 0 Å². The number of hydrogen-bond acceptors (Lipinski definition) is 3. The normalized spacial score (nSPS) is 24.7. The van der Waals surface area contributed by atoms with Crippen LogP contribution in [0.15, 0.2) is 0 Å². The van der Waals surface area contributed by atoms with Crippen LogP contribution in [0.2, 0.25) is 0 Å². The summed E-state index contributed by atoms with van der Waals surface area (Å²) in [6, 6.07) is 0.302. The smallest absolute Gasteiger partial charge is 0.233 e. The minimum Gasteiger partial charge on any atom is -0.351 e. The van der Waals surface area contributed by atoms with E-state index in [1.165, 1.54) is 0 Å². The Hall–Kier alpha value is -0.610. The number of rotatable bonds is 2. The van der Waals surface area contributed by atoms with Gasteiger partial charge in [0, 0.05) is 12.6 Å². The Bertz CT molecular complexity index is 120. The van der Waals surface area contributed by atoms with Crippen molar-refractivity contribution in [2.45, 2.75) is 12.5 Å². The van der Waals surface area contributed by atoms with Crippen LogP contribution < -0.4 is 16.4 Å². The van der Waals surface area contributed by atoms with E-state index in [0.29, 0.717) is 6.04 Å². The van der Waals surface area contributed by atoms with Crippen LogP contribution >= 0.6 is 0 Å². The topological polar surface area (TPSA) is 67.2 Å². The summed E-state index contributed by atoms with van der Waals surface area (Å²) in [5, 5.41) is 5.95. The number of carbonyl (C=O) groups excluding carboxylic acids is 1. The first-order chi connectivity index (χ1) is 4.83. The highest BCUT2D eigenvalue weighted by atomic mass is 16.1. The van der Waals surface area contributed by atoms with Crippen molar-refractivity contribution >= 4 is 5.91 Å². The molecule has 1 fully saturated rings. The molecule has 1 aliphatic rings. The third kappa shape index (κ3) is 1.97. The summed E-state index contributed by atoms with van der Waals surface area (Å²) in [5.41, 5.74) is 5.12.